The maximum Gasteiger partial charge on any atom is 0.407 e. The molecule has 4 nitrogen and oxygen atoms in total. The first-order valence-corrected chi connectivity index (χ1v) is 6.35. The topological polar surface area (TPSA) is 55.4 Å². The van der Waals surface area contributed by atoms with Crippen molar-refractivity contribution in [1.82, 2.24) is 5.32 Å². The Hall–Kier alpha value is -1.06. The average Bonchev–Trinajstić information content (AvgIpc) is 2.93. The summed E-state index contributed by atoms with van der Waals surface area (Å²) in [5.41, 5.74) is -0.466. The Morgan fingerprint density at radius 3 is 2.47 bits per heavy atom. The number of carbonyl (C=O) groups excluding carboxylic acids is 2. The van der Waals surface area contributed by atoms with E-state index in [1.165, 1.54) is 12.8 Å². The number of alkyl carbamates (subject to hydrolysis) is 1. The van der Waals surface area contributed by atoms with Gasteiger partial charge in [0, 0.05) is 19.4 Å². The van der Waals surface area contributed by atoms with Crippen LogP contribution in [0, 0.1) is 5.92 Å². The van der Waals surface area contributed by atoms with Crippen LogP contribution in [-0.4, -0.2) is 24.0 Å². The number of Topliss-reactive ketones (excluding diaryl/α,β-unsaturated/α-hetero) is 1. The molecule has 0 aliphatic heterocycles. The van der Waals surface area contributed by atoms with Gasteiger partial charge in [-0.1, -0.05) is 0 Å². The zero-order valence-corrected chi connectivity index (χ0v) is 11.0. The fraction of sp³-hybridized carbons (Fsp3) is 0.846. The molecule has 1 saturated carbocycles. The van der Waals surface area contributed by atoms with Crippen molar-refractivity contribution in [1.29, 1.82) is 0 Å². The van der Waals surface area contributed by atoms with Gasteiger partial charge < -0.3 is 10.1 Å². The molecule has 1 aliphatic carbocycles. The van der Waals surface area contributed by atoms with Crippen molar-refractivity contribution in [3.63, 3.8) is 0 Å². The molecule has 1 N–H and O–H groups in total. The van der Waals surface area contributed by atoms with E-state index in [0.717, 1.165) is 6.42 Å². The summed E-state index contributed by atoms with van der Waals surface area (Å²) in [7, 11) is 0. The third-order valence-electron chi connectivity index (χ3n) is 2.51. The molecule has 98 valence electrons. The molecule has 0 bridgehead atoms. The number of ketones is 1. The minimum absolute atomic E-state index is 0.318. The van der Waals surface area contributed by atoms with Crippen LogP contribution in [0.4, 0.5) is 4.79 Å². The molecule has 0 radical (unpaired) electrons. The molecule has 1 aliphatic rings. The fourth-order valence-corrected chi connectivity index (χ4v) is 1.54. The highest BCUT2D eigenvalue weighted by atomic mass is 16.6. The lowest BCUT2D eigenvalue weighted by atomic mass is 10.1. The molecule has 17 heavy (non-hydrogen) atoms. The van der Waals surface area contributed by atoms with Gasteiger partial charge in [-0.3, -0.25) is 4.79 Å². The first-order valence-electron chi connectivity index (χ1n) is 6.35. The van der Waals surface area contributed by atoms with Crippen molar-refractivity contribution in [2.75, 3.05) is 6.54 Å². The maximum absolute atomic E-state index is 11.4. The van der Waals surface area contributed by atoms with Gasteiger partial charge in [-0.05, 0) is 46.0 Å². The number of hydrogen-bond acceptors (Lipinski definition) is 3. The van der Waals surface area contributed by atoms with E-state index in [1.807, 2.05) is 20.8 Å². The van der Waals surface area contributed by atoms with Gasteiger partial charge in [-0.15, -0.1) is 0 Å². The standard InChI is InChI=1S/C13H23NO3/c1-13(2,3)17-12(16)14-8-4-5-11(15)9-10-6-7-10/h10H,4-9H2,1-3H3,(H,14,16). The number of hydrogen-bond donors (Lipinski definition) is 1. The summed E-state index contributed by atoms with van der Waals surface area (Å²) >= 11 is 0. The highest BCUT2D eigenvalue weighted by Gasteiger charge is 2.23. The smallest absolute Gasteiger partial charge is 0.407 e. The first kappa shape index (κ1) is 14.0. The summed E-state index contributed by atoms with van der Waals surface area (Å²) in [6.45, 7) is 5.98. The maximum atomic E-state index is 11.4. The van der Waals surface area contributed by atoms with Gasteiger partial charge in [-0.25, -0.2) is 4.79 Å². The lowest BCUT2D eigenvalue weighted by Crippen LogP contribution is -2.33. The van der Waals surface area contributed by atoms with Crippen molar-refractivity contribution >= 4 is 11.9 Å². The molecule has 0 unspecified atom stereocenters. The van der Waals surface area contributed by atoms with Gasteiger partial charge in [-0.2, -0.15) is 0 Å². The number of nitrogens with one attached hydrogen (secondary N) is 1. The van der Waals surface area contributed by atoms with Crippen molar-refractivity contribution in [2.45, 2.75) is 58.5 Å². The number of rotatable bonds is 6. The van der Waals surface area contributed by atoms with Crippen LogP contribution in [-0.2, 0) is 9.53 Å². The van der Waals surface area contributed by atoms with Crippen LogP contribution in [0.1, 0.15) is 52.9 Å². The van der Waals surface area contributed by atoms with E-state index < -0.39 is 11.7 Å². The Morgan fingerprint density at radius 1 is 1.29 bits per heavy atom. The minimum Gasteiger partial charge on any atom is -0.444 e. The van der Waals surface area contributed by atoms with Gasteiger partial charge in [0.2, 0.25) is 0 Å². The second-order valence-corrected chi connectivity index (χ2v) is 5.72. The highest BCUT2D eigenvalue weighted by molar-refractivity contribution is 5.78. The zero-order chi connectivity index (χ0) is 12.9. The van der Waals surface area contributed by atoms with Crippen molar-refractivity contribution in [2.24, 2.45) is 5.92 Å². The molecule has 0 heterocycles. The summed E-state index contributed by atoms with van der Waals surface area (Å²) in [4.78, 5) is 22.7. The van der Waals surface area contributed by atoms with Crippen molar-refractivity contribution in [3.8, 4) is 0 Å². The Morgan fingerprint density at radius 2 is 1.94 bits per heavy atom. The van der Waals surface area contributed by atoms with Crippen LogP contribution >= 0.6 is 0 Å². The predicted molar refractivity (Wildman–Crippen MR) is 65.8 cm³/mol. The van der Waals surface area contributed by atoms with E-state index in [9.17, 15) is 9.59 Å². The average molecular weight is 241 g/mol. The Bertz CT molecular complexity index is 277. The van der Waals surface area contributed by atoms with Gasteiger partial charge in [0.15, 0.2) is 0 Å². The SMILES string of the molecule is CC(C)(C)OC(=O)NCCCC(=O)CC1CC1. The summed E-state index contributed by atoms with van der Waals surface area (Å²) in [6.07, 6.45) is 4.00. The molecule has 0 aromatic rings. The molecule has 1 amide bonds. The van der Waals surface area contributed by atoms with E-state index in [-0.39, 0.29) is 0 Å². The van der Waals surface area contributed by atoms with Crippen LogP contribution in [0.5, 0.6) is 0 Å². The Balaban J connectivity index is 1.99. The third-order valence-corrected chi connectivity index (χ3v) is 2.51. The summed E-state index contributed by atoms with van der Waals surface area (Å²) in [6, 6.07) is 0. The Kier molecular flexibility index (Phi) is 4.97. The van der Waals surface area contributed by atoms with Crippen LogP contribution in [0.25, 0.3) is 0 Å². The molecule has 0 atom stereocenters. The summed E-state index contributed by atoms with van der Waals surface area (Å²) in [5.74, 6) is 0.972. The molecular weight excluding hydrogens is 218 g/mol. The molecule has 1 rings (SSSR count). The predicted octanol–water partition coefficient (Wildman–Crippen LogP) is 2.66. The zero-order valence-electron chi connectivity index (χ0n) is 11.0. The van der Waals surface area contributed by atoms with Crippen molar-refractivity contribution in [3.05, 3.63) is 0 Å². The van der Waals surface area contributed by atoms with Crippen LogP contribution in [0.3, 0.4) is 0 Å². The van der Waals surface area contributed by atoms with E-state index in [0.29, 0.717) is 31.1 Å². The van der Waals surface area contributed by atoms with E-state index in [4.69, 9.17) is 4.74 Å². The summed E-state index contributed by atoms with van der Waals surface area (Å²) < 4.78 is 5.08. The first-order chi connectivity index (χ1) is 7.87. The molecule has 0 saturated heterocycles. The van der Waals surface area contributed by atoms with Gasteiger partial charge in [0.05, 0.1) is 0 Å². The molecular formula is C13H23NO3. The minimum atomic E-state index is -0.466. The largest absolute Gasteiger partial charge is 0.444 e. The van der Waals surface area contributed by atoms with Crippen LogP contribution in [0.15, 0.2) is 0 Å². The summed E-state index contributed by atoms with van der Waals surface area (Å²) in [5, 5.41) is 2.65. The number of amides is 1. The van der Waals surface area contributed by atoms with E-state index in [1.54, 1.807) is 0 Å². The number of ether oxygens (including phenoxy) is 1. The Labute approximate surface area is 103 Å². The third kappa shape index (κ3) is 7.77. The molecule has 4 heteroatoms. The van der Waals surface area contributed by atoms with Crippen LogP contribution in [0.2, 0.25) is 0 Å². The molecule has 1 fully saturated rings. The highest BCUT2D eigenvalue weighted by Crippen LogP contribution is 2.32. The monoisotopic (exact) mass is 241 g/mol. The van der Waals surface area contributed by atoms with Crippen molar-refractivity contribution < 1.29 is 14.3 Å². The van der Waals surface area contributed by atoms with E-state index in [2.05, 4.69) is 5.32 Å². The molecule has 0 spiro atoms. The van der Waals surface area contributed by atoms with E-state index >= 15 is 0 Å². The second kappa shape index (κ2) is 6.03. The quantitative estimate of drug-likeness (QED) is 0.727. The lowest BCUT2D eigenvalue weighted by molar-refractivity contribution is -0.119. The number of carbonyl (C=O) groups is 2. The van der Waals surface area contributed by atoms with Crippen LogP contribution < -0.4 is 5.32 Å². The fourth-order valence-electron chi connectivity index (χ4n) is 1.54. The van der Waals surface area contributed by atoms with Gasteiger partial charge >= 0.3 is 6.09 Å². The second-order valence-electron chi connectivity index (χ2n) is 5.72. The van der Waals surface area contributed by atoms with Gasteiger partial charge in [0.1, 0.15) is 11.4 Å². The normalized spacial score (nSPS) is 15.5. The lowest BCUT2D eigenvalue weighted by Gasteiger charge is -2.19. The molecule has 0 aromatic carbocycles. The van der Waals surface area contributed by atoms with Gasteiger partial charge in [0.25, 0.3) is 0 Å². The molecule has 0 aromatic heterocycles.